The van der Waals surface area contributed by atoms with Crippen LogP contribution in [0.1, 0.15) is 54.6 Å². The minimum absolute atomic E-state index is 0.0552. The van der Waals surface area contributed by atoms with Crippen LogP contribution in [-0.4, -0.2) is 21.1 Å². The van der Waals surface area contributed by atoms with Crippen LogP contribution in [0.15, 0.2) is 29.3 Å². The molecule has 4 rings (SSSR count). The second kappa shape index (κ2) is 8.40. The summed E-state index contributed by atoms with van der Waals surface area (Å²) in [4.78, 5) is 24.6. The minimum atomic E-state index is -0.297. The van der Waals surface area contributed by atoms with Crippen molar-refractivity contribution >= 4 is 39.2 Å². The Labute approximate surface area is 178 Å². The van der Waals surface area contributed by atoms with E-state index in [0.29, 0.717) is 0 Å². The Hall–Kier alpha value is -1.99. The summed E-state index contributed by atoms with van der Waals surface area (Å²) in [5.74, 6) is 0.407. The summed E-state index contributed by atoms with van der Waals surface area (Å²) >= 11 is 3.27. The number of thioether (sulfide) groups is 1. The number of rotatable bonds is 5. The van der Waals surface area contributed by atoms with Gasteiger partial charge in [0.1, 0.15) is 21.5 Å². The quantitative estimate of drug-likeness (QED) is 0.437. The molecule has 7 heteroatoms. The average Bonchev–Trinajstić information content (AvgIpc) is 3.06. The molecular weight excluding hydrogens is 405 g/mol. The molecule has 4 nitrogen and oxygen atoms in total. The van der Waals surface area contributed by atoms with Gasteiger partial charge in [-0.3, -0.25) is 4.79 Å². The molecule has 0 fully saturated rings. The van der Waals surface area contributed by atoms with Crippen LogP contribution in [0.25, 0.3) is 10.2 Å². The Morgan fingerprint density at radius 3 is 2.66 bits per heavy atom. The van der Waals surface area contributed by atoms with Gasteiger partial charge in [0.05, 0.1) is 11.3 Å². The van der Waals surface area contributed by atoms with E-state index < -0.39 is 0 Å². The van der Waals surface area contributed by atoms with E-state index in [1.165, 1.54) is 47.2 Å². The second-order valence-corrected chi connectivity index (χ2v) is 9.92. The van der Waals surface area contributed by atoms with E-state index in [1.54, 1.807) is 23.5 Å². The molecule has 1 amide bonds. The third-order valence-electron chi connectivity index (χ3n) is 5.28. The molecule has 0 aliphatic heterocycles. The zero-order chi connectivity index (χ0) is 20.5. The molecule has 1 aliphatic carbocycles. The van der Waals surface area contributed by atoms with E-state index in [0.717, 1.165) is 39.5 Å². The molecule has 2 atom stereocenters. The summed E-state index contributed by atoms with van der Waals surface area (Å²) in [6.07, 6.45) is 4.61. The number of hydrogen-bond donors (Lipinski definition) is 1. The lowest BCUT2D eigenvalue weighted by molar-refractivity contribution is -0.120. The van der Waals surface area contributed by atoms with Crippen LogP contribution in [-0.2, 0) is 17.6 Å². The molecule has 0 unspecified atom stereocenters. The number of thiophene rings is 1. The summed E-state index contributed by atoms with van der Waals surface area (Å²) in [5.41, 5.74) is 2.26. The van der Waals surface area contributed by atoms with E-state index in [-0.39, 0.29) is 23.0 Å². The summed E-state index contributed by atoms with van der Waals surface area (Å²) in [5, 5.41) is 4.79. The number of carbonyl (C=O) groups is 1. The van der Waals surface area contributed by atoms with Gasteiger partial charge in [-0.1, -0.05) is 23.9 Å². The van der Waals surface area contributed by atoms with Crippen LogP contribution >= 0.6 is 23.1 Å². The third kappa shape index (κ3) is 4.31. The normalized spacial score (nSPS) is 15.7. The van der Waals surface area contributed by atoms with E-state index in [9.17, 15) is 9.18 Å². The highest BCUT2D eigenvalue weighted by atomic mass is 32.2. The van der Waals surface area contributed by atoms with E-state index >= 15 is 0 Å². The van der Waals surface area contributed by atoms with Crippen LogP contribution in [0.2, 0.25) is 0 Å². The van der Waals surface area contributed by atoms with Crippen molar-refractivity contribution in [1.82, 2.24) is 15.3 Å². The van der Waals surface area contributed by atoms with Crippen molar-refractivity contribution in [3.63, 3.8) is 0 Å². The van der Waals surface area contributed by atoms with Crippen molar-refractivity contribution in [2.75, 3.05) is 0 Å². The van der Waals surface area contributed by atoms with Gasteiger partial charge >= 0.3 is 0 Å². The number of amides is 1. The van der Waals surface area contributed by atoms with Crippen molar-refractivity contribution in [1.29, 1.82) is 0 Å². The van der Waals surface area contributed by atoms with Gasteiger partial charge in [-0.05, 0) is 69.7 Å². The predicted octanol–water partition coefficient (Wildman–Crippen LogP) is 5.38. The van der Waals surface area contributed by atoms with Gasteiger partial charge in [0, 0.05) is 10.3 Å². The van der Waals surface area contributed by atoms with Gasteiger partial charge in [0.15, 0.2) is 0 Å². The topological polar surface area (TPSA) is 54.9 Å². The lowest BCUT2D eigenvalue weighted by Gasteiger charge is -2.18. The molecule has 152 valence electrons. The highest BCUT2D eigenvalue weighted by molar-refractivity contribution is 8.00. The fourth-order valence-corrected chi connectivity index (χ4v) is 6.10. The summed E-state index contributed by atoms with van der Waals surface area (Å²) in [7, 11) is 0. The molecule has 3 aromatic rings. The van der Waals surface area contributed by atoms with E-state index in [2.05, 4.69) is 15.3 Å². The summed E-state index contributed by atoms with van der Waals surface area (Å²) < 4.78 is 13.1. The molecule has 2 heterocycles. The zero-order valence-electron chi connectivity index (χ0n) is 16.8. The highest BCUT2D eigenvalue weighted by Gasteiger charge is 2.24. The fraction of sp³-hybridized carbons (Fsp3) is 0.409. The molecular formula is C22H24FN3OS2. The minimum Gasteiger partial charge on any atom is -0.349 e. The molecule has 2 aromatic heterocycles. The lowest BCUT2D eigenvalue weighted by atomic mass is 9.97. The van der Waals surface area contributed by atoms with Crippen molar-refractivity contribution in [2.24, 2.45) is 0 Å². The standard InChI is InChI=1S/C22H24FN3OS2/c1-12(15-8-10-16(23)11-9-15)24-20(27)13(2)28-21-19-17-6-4-5-7-18(17)29-22(19)26-14(3)25-21/h8-13H,4-7H2,1-3H3,(H,24,27)/t12-,13+/m0/s1. The average molecular weight is 430 g/mol. The Balaban J connectivity index is 1.53. The zero-order valence-corrected chi connectivity index (χ0v) is 18.4. The van der Waals surface area contributed by atoms with Gasteiger partial charge in [-0.25, -0.2) is 14.4 Å². The van der Waals surface area contributed by atoms with Crippen LogP contribution in [0.3, 0.4) is 0 Å². The monoisotopic (exact) mass is 429 g/mol. The SMILES string of the molecule is Cc1nc(S[C@H](C)C(=O)N[C@@H](C)c2ccc(F)cc2)c2c3c(sc2n1)CCCC3. The second-order valence-electron chi connectivity index (χ2n) is 7.51. The van der Waals surface area contributed by atoms with Crippen molar-refractivity contribution in [2.45, 2.75) is 62.8 Å². The first-order valence-corrected chi connectivity index (χ1v) is 11.6. The van der Waals surface area contributed by atoms with E-state index in [4.69, 9.17) is 0 Å². The Morgan fingerprint density at radius 2 is 1.90 bits per heavy atom. The molecule has 1 aliphatic rings. The van der Waals surface area contributed by atoms with Crippen molar-refractivity contribution < 1.29 is 9.18 Å². The summed E-state index contributed by atoms with van der Waals surface area (Å²) in [6.45, 7) is 5.72. The van der Waals surface area contributed by atoms with Gasteiger partial charge in [0.2, 0.25) is 5.91 Å². The maximum atomic E-state index is 13.1. The van der Waals surface area contributed by atoms with Gasteiger partial charge < -0.3 is 5.32 Å². The number of nitrogens with one attached hydrogen (secondary N) is 1. The third-order valence-corrected chi connectivity index (χ3v) is 7.55. The number of hydrogen-bond acceptors (Lipinski definition) is 5. The van der Waals surface area contributed by atoms with E-state index in [1.807, 2.05) is 20.8 Å². The number of aromatic nitrogens is 2. The molecule has 0 bridgehead atoms. The van der Waals surface area contributed by atoms with Crippen LogP contribution < -0.4 is 5.32 Å². The number of nitrogens with zero attached hydrogens (tertiary/aromatic N) is 2. The van der Waals surface area contributed by atoms with Crippen LogP contribution in [0.5, 0.6) is 0 Å². The van der Waals surface area contributed by atoms with Crippen molar-refractivity contribution in [3.8, 4) is 0 Å². The first-order chi connectivity index (χ1) is 13.9. The molecule has 0 radical (unpaired) electrons. The number of fused-ring (bicyclic) bond motifs is 3. The number of benzene rings is 1. The van der Waals surface area contributed by atoms with Gasteiger partial charge in [-0.15, -0.1) is 11.3 Å². The molecule has 0 spiro atoms. The van der Waals surface area contributed by atoms with Crippen LogP contribution in [0.4, 0.5) is 4.39 Å². The lowest BCUT2D eigenvalue weighted by Crippen LogP contribution is -2.33. The highest BCUT2D eigenvalue weighted by Crippen LogP contribution is 2.40. The Morgan fingerprint density at radius 1 is 1.17 bits per heavy atom. The number of aryl methyl sites for hydroxylation is 3. The Kier molecular flexibility index (Phi) is 5.88. The summed E-state index contributed by atoms with van der Waals surface area (Å²) in [6, 6.07) is 6.04. The van der Waals surface area contributed by atoms with Crippen molar-refractivity contribution in [3.05, 3.63) is 51.9 Å². The first-order valence-electron chi connectivity index (χ1n) is 9.93. The van der Waals surface area contributed by atoms with Gasteiger partial charge in [-0.2, -0.15) is 0 Å². The number of carbonyl (C=O) groups excluding carboxylic acids is 1. The predicted molar refractivity (Wildman–Crippen MR) is 117 cm³/mol. The smallest absolute Gasteiger partial charge is 0.233 e. The maximum Gasteiger partial charge on any atom is 0.233 e. The maximum absolute atomic E-state index is 13.1. The first kappa shape index (κ1) is 20.3. The molecule has 1 N–H and O–H groups in total. The van der Waals surface area contributed by atoms with Crippen LogP contribution in [0, 0.1) is 12.7 Å². The number of halogens is 1. The molecule has 29 heavy (non-hydrogen) atoms. The Bertz CT molecular complexity index is 1050. The fourth-order valence-electron chi connectivity index (χ4n) is 3.70. The molecule has 0 saturated carbocycles. The molecule has 1 aromatic carbocycles. The molecule has 0 saturated heterocycles. The largest absolute Gasteiger partial charge is 0.349 e. The van der Waals surface area contributed by atoms with Gasteiger partial charge in [0.25, 0.3) is 0 Å².